The van der Waals surface area contributed by atoms with Crippen molar-refractivity contribution in [2.75, 3.05) is 5.75 Å². The van der Waals surface area contributed by atoms with E-state index in [9.17, 15) is 24.3 Å². The molecular weight excluding hydrogens is 470 g/mol. The number of esters is 1. The van der Waals surface area contributed by atoms with Crippen molar-refractivity contribution in [3.63, 3.8) is 0 Å². The Hall–Kier alpha value is -3.53. The van der Waals surface area contributed by atoms with Gasteiger partial charge in [-0.3, -0.25) is 4.79 Å². The lowest BCUT2D eigenvalue weighted by molar-refractivity contribution is -0.164. The summed E-state index contributed by atoms with van der Waals surface area (Å²) in [5, 5.41) is 11.9. The van der Waals surface area contributed by atoms with Crippen LogP contribution in [0.4, 0.5) is 4.79 Å². The van der Waals surface area contributed by atoms with Crippen molar-refractivity contribution in [1.29, 1.82) is 0 Å². The third-order valence-corrected chi connectivity index (χ3v) is 6.76. The van der Waals surface area contributed by atoms with Crippen molar-refractivity contribution < 1.29 is 29.0 Å². The molecule has 2 aromatic rings. The molecule has 2 aromatic carbocycles. The number of aliphatic carboxylic acids is 1. The summed E-state index contributed by atoms with van der Waals surface area (Å²) in [4.78, 5) is 52.6. The Labute approximate surface area is 208 Å². The molecule has 35 heavy (non-hydrogen) atoms. The van der Waals surface area contributed by atoms with Gasteiger partial charge in [0.25, 0.3) is 0 Å². The fourth-order valence-corrected chi connectivity index (χ4v) is 5.39. The third-order valence-electron chi connectivity index (χ3n) is 5.44. The molecule has 0 aromatic heterocycles. The second-order valence-electron chi connectivity index (χ2n) is 9.19. The minimum absolute atomic E-state index is 0.177. The number of carbonyl (C=O) groups excluding carboxylic acids is 3. The van der Waals surface area contributed by atoms with Crippen molar-refractivity contribution in [3.8, 4) is 0 Å². The molecule has 1 heterocycles. The van der Waals surface area contributed by atoms with Gasteiger partial charge in [0.15, 0.2) is 5.54 Å². The molecule has 1 aliphatic rings. The Bertz CT molecular complexity index is 1090. The molecule has 9 nitrogen and oxygen atoms in total. The average Bonchev–Trinajstić information content (AvgIpc) is 3.24. The standard InChI is InChI=1S/C25H29N3O6S/c1-24(2,3)34-21(30)18-15-35-20(16-10-6-4-7-11-16)28(18)19(29)14-25(22(31)32,27-23(26)33)17-12-8-5-9-13-17/h4-13,18,20H,14-15H2,1-3H3,(H,31,32)(H3,26,27,33). The van der Waals surface area contributed by atoms with E-state index >= 15 is 0 Å². The van der Waals surface area contributed by atoms with Crippen LogP contribution in [-0.4, -0.2) is 51.3 Å². The maximum absolute atomic E-state index is 13.8. The van der Waals surface area contributed by atoms with Gasteiger partial charge in [-0.25, -0.2) is 14.4 Å². The zero-order valence-electron chi connectivity index (χ0n) is 19.8. The molecule has 0 radical (unpaired) electrons. The molecule has 10 heteroatoms. The molecule has 1 saturated heterocycles. The monoisotopic (exact) mass is 499 g/mol. The Kier molecular flexibility index (Phi) is 7.74. The van der Waals surface area contributed by atoms with Gasteiger partial charge in [0.05, 0.1) is 6.42 Å². The van der Waals surface area contributed by atoms with E-state index in [1.807, 2.05) is 30.3 Å². The van der Waals surface area contributed by atoms with Crippen LogP contribution in [0.15, 0.2) is 60.7 Å². The number of ether oxygens (including phenoxy) is 1. The van der Waals surface area contributed by atoms with Gasteiger partial charge in [-0.15, -0.1) is 11.8 Å². The van der Waals surface area contributed by atoms with Crippen LogP contribution in [0.2, 0.25) is 0 Å². The fourth-order valence-electron chi connectivity index (χ4n) is 3.96. The van der Waals surface area contributed by atoms with Crippen LogP contribution in [0.25, 0.3) is 0 Å². The maximum Gasteiger partial charge on any atom is 0.334 e. The van der Waals surface area contributed by atoms with Crippen LogP contribution in [0.3, 0.4) is 0 Å². The number of hydrogen-bond donors (Lipinski definition) is 3. The number of hydrogen-bond acceptors (Lipinski definition) is 6. The molecule has 4 N–H and O–H groups in total. The van der Waals surface area contributed by atoms with Gasteiger partial charge in [-0.2, -0.15) is 0 Å². The van der Waals surface area contributed by atoms with Crippen LogP contribution < -0.4 is 11.1 Å². The Morgan fingerprint density at radius 1 is 1.06 bits per heavy atom. The highest BCUT2D eigenvalue weighted by Crippen LogP contribution is 2.43. The number of nitrogens with one attached hydrogen (secondary N) is 1. The highest BCUT2D eigenvalue weighted by atomic mass is 32.2. The van der Waals surface area contributed by atoms with E-state index in [1.165, 1.54) is 28.8 Å². The number of nitrogens with zero attached hydrogens (tertiary/aromatic N) is 1. The number of urea groups is 1. The molecule has 0 spiro atoms. The summed E-state index contributed by atoms with van der Waals surface area (Å²) in [6, 6.07) is 15.0. The van der Waals surface area contributed by atoms with Gasteiger partial charge in [-0.05, 0) is 31.9 Å². The molecule has 0 aliphatic carbocycles. The van der Waals surface area contributed by atoms with E-state index in [0.717, 1.165) is 5.56 Å². The summed E-state index contributed by atoms with van der Waals surface area (Å²) in [6.07, 6.45) is -0.654. The Balaban J connectivity index is 2.04. The van der Waals surface area contributed by atoms with E-state index in [4.69, 9.17) is 10.5 Å². The van der Waals surface area contributed by atoms with Crippen molar-refractivity contribution in [3.05, 3.63) is 71.8 Å². The second-order valence-corrected chi connectivity index (χ2v) is 10.3. The number of primary amides is 1. The van der Waals surface area contributed by atoms with E-state index in [0.29, 0.717) is 0 Å². The van der Waals surface area contributed by atoms with Crippen LogP contribution in [0.1, 0.15) is 43.7 Å². The molecule has 0 saturated carbocycles. The Morgan fingerprint density at radius 2 is 1.63 bits per heavy atom. The van der Waals surface area contributed by atoms with Crippen LogP contribution >= 0.6 is 11.8 Å². The lowest BCUT2D eigenvalue weighted by atomic mass is 9.85. The molecule has 3 atom stereocenters. The van der Waals surface area contributed by atoms with Crippen LogP contribution in [0.5, 0.6) is 0 Å². The van der Waals surface area contributed by atoms with E-state index in [1.54, 1.807) is 39.0 Å². The number of carbonyl (C=O) groups is 4. The highest BCUT2D eigenvalue weighted by Gasteiger charge is 2.49. The summed E-state index contributed by atoms with van der Waals surface area (Å²) < 4.78 is 5.56. The van der Waals surface area contributed by atoms with Gasteiger partial charge >= 0.3 is 18.0 Å². The minimum atomic E-state index is -2.13. The second kappa shape index (κ2) is 10.4. The number of thioether (sulfide) groups is 1. The van der Waals surface area contributed by atoms with Crippen molar-refractivity contribution >= 4 is 35.6 Å². The van der Waals surface area contributed by atoms with Crippen molar-refractivity contribution in [2.24, 2.45) is 5.73 Å². The number of carboxylic acid groups (broad SMARTS) is 1. The first kappa shape index (κ1) is 26.1. The number of nitrogens with two attached hydrogens (primary N) is 1. The minimum Gasteiger partial charge on any atom is -0.479 e. The Morgan fingerprint density at radius 3 is 2.14 bits per heavy atom. The van der Waals surface area contributed by atoms with Gasteiger partial charge in [-0.1, -0.05) is 60.7 Å². The molecule has 3 unspecified atom stereocenters. The van der Waals surface area contributed by atoms with Gasteiger partial charge in [0.2, 0.25) is 5.91 Å². The number of carboxylic acids is 1. The fraction of sp³-hybridized carbons (Fsp3) is 0.360. The molecule has 0 bridgehead atoms. The molecule has 1 fully saturated rings. The van der Waals surface area contributed by atoms with Crippen LogP contribution in [-0.2, 0) is 24.7 Å². The SMILES string of the molecule is CC(C)(C)OC(=O)C1CSC(c2ccccc2)N1C(=O)CC(NC(N)=O)(C(=O)O)c1ccccc1. The van der Waals surface area contributed by atoms with E-state index in [2.05, 4.69) is 5.32 Å². The molecule has 3 amide bonds. The summed E-state index contributed by atoms with van der Waals surface area (Å²) in [7, 11) is 0. The van der Waals surface area contributed by atoms with Crippen molar-refractivity contribution in [2.45, 2.75) is 49.7 Å². The smallest absolute Gasteiger partial charge is 0.334 e. The summed E-state index contributed by atoms with van der Waals surface area (Å²) in [5.41, 5.74) is 3.38. The van der Waals surface area contributed by atoms with Crippen molar-refractivity contribution in [1.82, 2.24) is 10.2 Å². The maximum atomic E-state index is 13.8. The quantitative estimate of drug-likeness (QED) is 0.498. The van der Waals surface area contributed by atoms with Gasteiger partial charge in [0, 0.05) is 5.75 Å². The normalized spacial score (nSPS) is 19.5. The first-order chi connectivity index (χ1) is 16.4. The first-order valence-electron chi connectivity index (χ1n) is 11.0. The summed E-state index contributed by atoms with van der Waals surface area (Å²) in [5.74, 6) is -2.40. The third kappa shape index (κ3) is 5.94. The molecular formula is C25H29N3O6S. The van der Waals surface area contributed by atoms with Crippen LogP contribution in [0, 0.1) is 0 Å². The van der Waals surface area contributed by atoms with Gasteiger partial charge in [0.1, 0.15) is 17.0 Å². The number of rotatable bonds is 7. The highest BCUT2D eigenvalue weighted by molar-refractivity contribution is 7.99. The van der Waals surface area contributed by atoms with E-state index < -0.39 is 52.9 Å². The molecule has 1 aliphatic heterocycles. The number of benzene rings is 2. The topological polar surface area (TPSA) is 139 Å². The largest absolute Gasteiger partial charge is 0.479 e. The molecule has 3 rings (SSSR count). The van der Waals surface area contributed by atoms with E-state index in [-0.39, 0.29) is 11.3 Å². The summed E-state index contributed by atoms with van der Waals surface area (Å²) in [6.45, 7) is 5.19. The first-order valence-corrected chi connectivity index (χ1v) is 12.1. The summed E-state index contributed by atoms with van der Waals surface area (Å²) >= 11 is 1.38. The zero-order valence-corrected chi connectivity index (χ0v) is 20.6. The average molecular weight is 500 g/mol. The predicted molar refractivity (Wildman–Crippen MR) is 131 cm³/mol. The zero-order chi connectivity index (χ0) is 25.8. The lowest BCUT2D eigenvalue weighted by Gasteiger charge is -2.35. The van der Waals surface area contributed by atoms with Gasteiger partial charge < -0.3 is 25.8 Å². The molecule has 186 valence electrons. The lowest BCUT2D eigenvalue weighted by Crippen LogP contribution is -2.57. The number of amides is 3. The predicted octanol–water partition coefficient (Wildman–Crippen LogP) is 3.01.